The molecule has 1 aromatic rings. The van der Waals surface area contributed by atoms with Gasteiger partial charge in [0.05, 0.1) is 0 Å². The Hall–Kier alpha value is -0.730. The third-order valence-electron chi connectivity index (χ3n) is 3.58. The predicted molar refractivity (Wildman–Crippen MR) is 79.4 cm³/mol. The van der Waals surface area contributed by atoms with Crippen molar-refractivity contribution in [2.75, 3.05) is 31.5 Å². The lowest BCUT2D eigenvalue weighted by molar-refractivity contribution is 0.122. The van der Waals surface area contributed by atoms with Crippen LogP contribution >= 0.6 is 11.6 Å². The van der Waals surface area contributed by atoms with Crippen LogP contribution in [-0.4, -0.2) is 31.1 Å². The quantitative estimate of drug-likeness (QED) is 0.890. The maximum absolute atomic E-state index is 5.86. The van der Waals surface area contributed by atoms with Crippen LogP contribution in [0, 0.1) is 5.41 Å². The summed E-state index contributed by atoms with van der Waals surface area (Å²) < 4.78 is 0. The van der Waals surface area contributed by atoms with E-state index in [-0.39, 0.29) is 0 Å². The number of likely N-dealkylation sites (tertiary alicyclic amines) is 1. The standard InChI is InChI=1S/C15H23ClN2/c1-15(2)8-3-10-18(12-15)11-9-17-14-6-4-13(16)5-7-14/h4-7,17H,3,8-12H2,1-2H3. The van der Waals surface area contributed by atoms with Gasteiger partial charge in [-0.05, 0) is 49.1 Å². The van der Waals surface area contributed by atoms with E-state index >= 15 is 0 Å². The molecule has 0 aromatic heterocycles. The van der Waals surface area contributed by atoms with Crippen LogP contribution in [0.4, 0.5) is 5.69 Å². The Kier molecular flexibility index (Phi) is 4.52. The fourth-order valence-electron chi connectivity index (χ4n) is 2.66. The first-order chi connectivity index (χ1) is 8.55. The average Bonchev–Trinajstić information content (AvgIpc) is 2.30. The first-order valence-electron chi connectivity index (χ1n) is 6.77. The van der Waals surface area contributed by atoms with E-state index in [0.29, 0.717) is 5.41 Å². The Morgan fingerprint density at radius 3 is 2.67 bits per heavy atom. The van der Waals surface area contributed by atoms with Crippen molar-refractivity contribution < 1.29 is 0 Å². The largest absolute Gasteiger partial charge is 0.384 e. The Balaban J connectivity index is 1.73. The fourth-order valence-corrected chi connectivity index (χ4v) is 2.79. The van der Waals surface area contributed by atoms with E-state index in [1.54, 1.807) is 0 Å². The third-order valence-corrected chi connectivity index (χ3v) is 3.83. The molecule has 1 N–H and O–H groups in total. The lowest BCUT2D eigenvalue weighted by Gasteiger charge is -2.38. The molecule has 1 heterocycles. The predicted octanol–water partition coefficient (Wildman–Crippen LogP) is 3.87. The summed E-state index contributed by atoms with van der Waals surface area (Å²) in [5.41, 5.74) is 1.63. The van der Waals surface area contributed by atoms with Gasteiger partial charge >= 0.3 is 0 Å². The van der Waals surface area contributed by atoms with E-state index in [1.807, 2.05) is 24.3 Å². The minimum Gasteiger partial charge on any atom is -0.384 e. The molecular weight excluding hydrogens is 244 g/mol. The van der Waals surface area contributed by atoms with Crippen LogP contribution < -0.4 is 5.32 Å². The number of nitrogens with zero attached hydrogens (tertiary/aromatic N) is 1. The van der Waals surface area contributed by atoms with Gasteiger partial charge in [0.2, 0.25) is 0 Å². The molecule has 0 saturated carbocycles. The molecule has 0 spiro atoms. The second-order valence-corrected chi connectivity index (χ2v) is 6.41. The molecular formula is C15H23ClN2. The van der Waals surface area contributed by atoms with E-state index < -0.39 is 0 Å². The summed E-state index contributed by atoms with van der Waals surface area (Å²) in [5.74, 6) is 0. The Morgan fingerprint density at radius 2 is 2.00 bits per heavy atom. The minimum atomic E-state index is 0.485. The van der Waals surface area contributed by atoms with Gasteiger partial charge in [0.15, 0.2) is 0 Å². The van der Waals surface area contributed by atoms with Crippen LogP contribution in [-0.2, 0) is 0 Å². The van der Waals surface area contributed by atoms with E-state index in [2.05, 4.69) is 24.1 Å². The highest BCUT2D eigenvalue weighted by atomic mass is 35.5. The van der Waals surface area contributed by atoms with Crippen LogP contribution in [0.3, 0.4) is 0 Å². The van der Waals surface area contributed by atoms with Crippen molar-refractivity contribution in [3.05, 3.63) is 29.3 Å². The van der Waals surface area contributed by atoms with Gasteiger partial charge in [-0.25, -0.2) is 0 Å². The Labute approximate surface area is 115 Å². The first kappa shape index (κ1) is 13.7. The summed E-state index contributed by atoms with van der Waals surface area (Å²) in [6.45, 7) is 9.31. The summed E-state index contributed by atoms with van der Waals surface area (Å²) in [5, 5.41) is 4.24. The van der Waals surface area contributed by atoms with Crippen molar-refractivity contribution in [3.63, 3.8) is 0 Å². The van der Waals surface area contributed by atoms with Gasteiger partial charge in [0.1, 0.15) is 0 Å². The number of anilines is 1. The molecule has 1 saturated heterocycles. The third kappa shape index (κ3) is 4.18. The molecule has 0 radical (unpaired) electrons. The zero-order valence-corrected chi connectivity index (χ0v) is 12.1. The molecule has 100 valence electrons. The van der Waals surface area contributed by atoms with Crippen LogP contribution in [0.25, 0.3) is 0 Å². The summed E-state index contributed by atoms with van der Waals surface area (Å²) >= 11 is 5.86. The maximum Gasteiger partial charge on any atom is 0.0407 e. The molecule has 0 atom stereocenters. The molecule has 0 bridgehead atoms. The van der Waals surface area contributed by atoms with Gasteiger partial charge in [-0.2, -0.15) is 0 Å². The van der Waals surface area contributed by atoms with E-state index in [4.69, 9.17) is 11.6 Å². The van der Waals surface area contributed by atoms with Gasteiger partial charge in [0.25, 0.3) is 0 Å². The van der Waals surface area contributed by atoms with Crippen molar-refractivity contribution in [1.82, 2.24) is 4.90 Å². The van der Waals surface area contributed by atoms with Crippen molar-refractivity contribution in [3.8, 4) is 0 Å². The van der Waals surface area contributed by atoms with Crippen LogP contribution in [0.1, 0.15) is 26.7 Å². The number of nitrogens with one attached hydrogen (secondary N) is 1. The number of piperidine rings is 1. The lowest BCUT2D eigenvalue weighted by Crippen LogP contribution is -2.42. The van der Waals surface area contributed by atoms with Gasteiger partial charge in [0, 0.05) is 30.3 Å². The number of hydrogen-bond acceptors (Lipinski definition) is 2. The number of rotatable bonds is 4. The maximum atomic E-state index is 5.86. The number of halogens is 1. The molecule has 1 aliphatic rings. The molecule has 0 amide bonds. The van der Waals surface area contributed by atoms with E-state index in [0.717, 1.165) is 23.8 Å². The lowest BCUT2D eigenvalue weighted by atomic mass is 9.84. The highest BCUT2D eigenvalue weighted by Crippen LogP contribution is 2.28. The number of hydrogen-bond donors (Lipinski definition) is 1. The minimum absolute atomic E-state index is 0.485. The molecule has 0 aliphatic carbocycles. The second kappa shape index (κ2) is 5.94. The molecule has 1 aliphatic heterocycles. The molecule has 1 aromatic carbocycles. The summed E-state index contributed by atoms with van der Waals surface area (Å²) in [6.07, 6.45) is 2.68. The second-order valence-electron chi connectivity index (χ2n) is 5.98. The van der Waals surface area contributed by atoms with Gasteiger partial charge in [-0.15, -0.1) is 0 Å². The zero-order valence-electron chi connectivity index (χ0n) is 11.4. The van der Waals surface area contributed by atoms with Crippen molar-refractivity contribution in [2.45, 2.75) is 26.7 Å². The molecule has 2 rings (SSSR count). The average molecular weight is 267 g/mol. The fraction of sp³-hybridized carbons (Fsp3) is 0.600. The summed E-state index contributed by atoms with van der Waals surface area (Å²) in [4.78, 5) is 2.56. The van der Waals surface area contributed by atoms with Crippen LogP contribution in [0.2, 0.25) is 5.02 Å². The van der Waals surface area contributed by atoms with E-state index in [9.17, 15) is 0 Å². The Bertz CT molecular complexity index is 373. The van der Waals surface area contributed by atoms with Gasteiger partial charge in [-0.3, -0.25) is 0 Å². The van der Waals surface area contributed by atoms with Gasteiger partial charge in [-0.1, -0.05) is 25.4 Å². The molecule has 3 heteroatoms. The normalized spacial score (nSPS) is 19.7. The SMILES string of the molecule is CC1(C)CCCN(CCNc2ccc(Cl)cc2)C1. The molecule has 18 heavy (non-hydrogen) atoms. The van der Waals surface area contributed by atoms with Crippen LogP contribution in [0.15, 0.2) is 24.3 Å². The molecule has 2 nitrogen and oxygen atoms in total. The Morgan fingerprint density at radius 1 is 1.28 bits per heavy atom. The zero-order chi connectivity index (χ0) is 13.0. The van der Waals surface area contributed by atoms with Gasteiger partial charge < -0.3 is 10.2 Å². The highest BCUT2D eigenvalue weighted by molar-refractivity contribution is 6.30. The summed E-state index contributed by atoms with van der Waals surface area (Å²) in [7, 11) is 0. The molecule has 1 fully saturated rings. The van der Waals surface area contributed by atoms with E-state index in [1.165, 1.54) is 25.9 Å². The van der Waals surface area contributed by atoms with Crippen molar-refractivity contribution >= 4 is 17.3 Å². The number of benzene rings is 1. The topological polar surface area (TPSA) is 15.3 Å². The highest BCUT2D eigenvalue weighted by Gasteiger charge is 2.25. The van der Waals surface area contributed by atoms with Crippen molar-refractivity contribution in [1.29, 1.82) is 0 Å². The van der Waals surface area contributed by atoms with Crippen molar-refractivity contribution in [2.24, 2.45) is 5.41 Å². The smallest absolute Gasteiger partial charge is 0.0407 e. The first-order valence-corrected chi connectivity index (χ1v) is 7.15. The summed E-state index contributed by atoms with van der Waals surface area (Å²) in [6, 6.07) is 7.91. The van der Waals surface area contributed by atoms with Crippen LogP contribution in [0.5, 0.6) is 0 Å². The molecule has 0 unspecified atom stereocenters. The monoisotopic (exact) mass is 266 g/mol.